The molecule has 0 amide bonds. The van der Waals surface area contributed by atoms with Gasteiger partial charge >= 0.3 is 0 Å². The van der Waals surface area contributed by atoms with Crippen LogP contribution < -0.4 is 5.32 Å². The van der Waals surface area contributed by atoms with Crippen molar-refractivity contribution in [1.82, 2.24) is 0 Å². The molecule has 3 heteroatoms. The van der Waals surface area contributed by atoms with Gasteiger partial charge in [0.25, 0.3) is 0 Å². The molecular formula is C15H19NOS. The lowest BCUT2D eigenvalue weighted by atomic mass is 10.1. The van der Waals surface area contributed by atoms with Crippen molar-refractivity contribution in [3.05, 3.63) is 51.7 Å². The normalized spacial score (nSPS) is 12.4. The van der Waals surface area contributed by atoms with Crippen LogP contribution in [0.4, 0.5) is 5.69 Å². The van der Waals surface area contributed by atoms with E-state index in [0.717, 1.165) is 17.0 Å². The van der Waals surface area contributed by atoms with Crippen molar-refractivity contribution in [1.29, 1.82) is 0 Å². The minimum Gasteiger partial charge on any atom is -0.386 e. The maximum atomic E-state index is 10.1. The van der Waals surface area contributed by atoms with E-state index in [2.05, 4.69) is 37.4 Å². The number of rotatable bonds is 5. The number of hydrogen-bond donors (Lipinski definition) is 2. The van der Waals surface area contributed by atoms with Gasteiger partial charge in [-0.3, -0.25) is 0 Å². The van der Waals surface area contributed by atoms with Gasteiger partial charge in [-0.2, -0.15) is 0 Å². The molecule has 0 saturated heterocycles. The first kappa shape index (κ1) is 13.1. The summed E-state index contributed by atoms with van der Waals surface area (Å²) in [7, 11) is 0. The molecule has 0 spiro atoms. The lowest BCUT2D eigenvalue weighted by Crippen LogP contribution is -2.13. The van der Waals surface area contributed by atoms with Gasteiger partial charge in [0.1, 0.15) is 6.10 Å². The summed E-state index contributed by atoms with van der Waals surface area (Å²) in [6.45, 7) is 4.80. The molecule has 0 aliphatic heterocycles. The molecule has 0 radical (unpaired) electrons. The zero-order valence-corrected chi connectivity index (χ0v) is 11.6. The Morgan fingerprint density at radius 3 is 2.78 bits per heavy atom. The molecule has 2 rings (SSSR count). The van der Waals surface area contributed by atoms with E-state index in [4.69, 9.17) is 0 Å². The summed E-state index contributed by atoms with van der Waals surface area (Å²) in [4.78, 5) is 1.01. The van der Waals surface area contributed by atoms with E-state index in [9.17, 15) is 5.11 Å². The Labute approximate surface area is 112 Å². The number of para-hydroxylation sites is 1. The molecule has 0 aliphatic rings. The number of anilines is 1. The van der Waals surface area contributed by atoms with E-state index in [0.29, 0.717) is 6.54 Å². The van der Waals surface area contributed by atoms with E-state index < -0.39 is 6.10 Å². The zero-order chi connectivity index (χ0) is 13.0. The molecule has 0 fully saturated rings. The fourth-order valence-electron chi connectivity index (χ4n) is 2.06. The first-order valence-corrected chi connectivity index (χ1v) is 7.14. The van der Waals surface area contributed by atoms with Crippen molar-refractivity contribution in [3.63, 3.8) is 0 Å². The minimum absolute atomic E-state index is 0.436. The highest BCUT2D eigenvalue weighted by Gasteiger charge is 2.10. The van der Waals surface area contributed by atoms with E-state index in [-0.39, 0.29) is 0 Å². The van der Waals surface area contributed by atoms with Gasteiger partial charge in [-0.25, -0.2) is 0 Å². The van der Waals surface area contributed by atoms with E-state index in [1.54, 1.807) is 11.3 Å². The average molecular weight is 261 g/mol. The third-order valence-electron chi connectivity index (χ3n) is 3.08. The Balaban J connectivity index is 2.06. The SMILES string of the molecule is CCc1cccc(C)c1NCC(O)c1cccs1. The largest absolute Gasteiger partial charge is 0.386 e. The van der Waals surface area contributed by atoms with Crippen LogP contribution in [0.25, 0.3) is 0 Å². The lowest BCUT2D eigenvalue weighted by Gasteiger charge is -2.16. The number of aryl methyl sites for hydroxylation is 2. The molecular weight excluding hydrogens is 242 g/mol. The highest BCUT2D eigenvalue weighted by atomic mass is 32.1. The molecule has 2 aromatic rings. The van der Waals surface area contributed by atoms with Crippen molar-refractivity contribution in [2.45, 2.75) is 26.4 Å². The van der Waals surface area contributed by atoms with Crippen molar-refractivity contribution in [2.75, 3.05) is 11.9 Å². The number of thiophene rings is 1. The Hall–Kier alpha value is -1.32. The molecule has 0 aliphatic carbocycles. The van der Waals surface area contributed by atoms with Gasteiger partial charge in [0.2, 0.25) is 0 Å². The molecule has 2 N–H and O–H groups in total. The second kappa shape index (κ2) is 6.03. The lowest BCUT2D eigenvalue weighted by molar-refractivity contribution is 0.195. The summed E-state index contributed by atoms with van der Waals surface area (Å²) in [6.07, 6.45) is 0.563. The number of hydrogen-bond acceptors (Lipinski definition) is 3. The summed E-state index contributed by atoms with van der Waals surface area (Å²) < 4.78 is 0. The number of nitrogens with one attached hydrogen (secondary N) is 1. The highest BCUT2D eigenvalue weighted by molar-refractivity contribution is 7.10. The van der Waals surface area contributed by atoms with Crippen LogP contribution in [0.15, 0.2) is 35.7 Å². The highest BCUT2D eigenvalue weighted by Crippen LogP contribution is 2.24. The van der Waals surface area contributed by atoms with Gasteiger partial charge in [-0.15, -0.1) is 11.3 Å². The van der Waals surface area contributed by atoms with Gasteiger partial charge < -0.3 is 10.4 Å². The molecule has 1 atom stereocenters. The predicted octanol–water partition coefficient (Wildman–Crippen LogP) is 3.76. The maximum absolute atomic E-state index is 10.1. The van der Waals surface area contributed by atoms with Gasteiger partial charge in [-0.1, -0.05) is 31.2 Å². The van der Waals surface area contributed by atoms with Crippen LogP contribution in [0.3, 0.4) is 0 Å². The molecule has 0 saturated carbocycles. The second-order valence-corrected chi connectivity index (χ2v) is 5.35. The van der Waals surface area contributed by atoms with Gasteiger partial charge in [-0.05, 0) is 35.9 Å². The molecule has 2 nitrogen and oxygen atoms in total. The first-order chi connectivity index (χ1) is 8.72. The molecule has 18 heavy (non-hydrogen) atoms. The van der Waals surface area contributed by atoms with Crippen LogP contribution in [0.1, 0.15) is 29.0 Å². The van der Waals surface area contributed by atoms with Crippen LogP contribution in [0.2, 0.25) is 0 Å². The molecule has 1 unspecified atom stereocenters. The van der Waals surface area contributed by atoms with E-state index >= 15 is 0 Å². The molecule has 96 valence electrons. The fraction of sp³-hybridized carbons (Fsp3) is 0.333. The standard InChI is InChI=1S/C15H19NOS/c1-3-12-7-4-6-11(2)15(12)16-10-13(17)14-8-5-9-18-14/h4-9,13,16-17H,3,10H2,1-2H3. The summed E-state index contributed by atoms with van der Waals surface area (Å²) in [5.41, 5.74) is 3.69. The Morgan fingerprint density at radius 1 is 1.28 bits per heavy atom. The van der Waals surface area contributed by atoms with Crippen LogP contribution >= 0.6 is 11.3 Å². The average Bonchev–Trinajstić information content (AvgIpc) is 2.90. The Kier molecular flexibility index (Phi) is 4.39. The van der Waals surface area contributed by atoms with E-state index in [1.807, 2.05) is 17.5 Å². The van der Waals surface area contributed by atoms with Crippen molar-refractivity contribution >= 4 is 17.0 Å². The number of benzene rings is 1. The fourth-order valence-corrected chi connectivity index (χ4v) is 2.77. The van der Waals surface area contributed by atoms with Crippen molar-refractivity contribution in [3.8, 4) is 0 Å². The predicted molar refractivity (Wildman–Crippen MR) is 78.3 cm³/mol. The van der Waals surface area contributed by atoms with Crippen LogP contribution in [-0.2, 0) is 6.42 Å². The number of aliphatic hydroxyl groups excluding tert-OH is 1. The van der Waals surface area contributed by atoms with Gasteiger partial charge in [0, 0.05) is 17.1 Å². The van der Waals surface area contributed by atoms with Gasteiger partial charge in [0.05, 0.1) is 0 Å². The molecule has 1 heterocycles. The monoisotopic (exact) mass is 261 g/mol. The van der Waals surface area contributed by atoms with Crippen LogP contribution in [0, 0.1) is 6.92 Å². The third kappa shape index (κ3) is 2.92. The molecule has 1 aromatic heterocycles. The van der Waals surface area contributed by atoms with Crippen LogP contribution in [-0.4, -0.2) is 11.7 Å². The van der Waals surface area contributed by atoms with Gasteiger partial charge in [0.15, 0.2) is 0 Å². The first-order valence-electron chi connectivity index (χ1n) is 6.26. The minimum atomic E-state index is -0.436. The van der Waals surface area contributed by atoms with Crippen molar-refractivity contribution < 1.29 is 5.11 Å². The second-order valence-electron chi connectivity index (χ2n) is 4.37. The zero-order valence-electron chi connectivity index (χ0n) is 10.8. The quantitative estimate of drug-likeness (QED) is 0.859. The summed E-state index contributed by atoms with van der Waals surface area (Å²) in [5.74, 6) is 0. The van der Waals surface area contributed by atoms with Crippen molar-refractivity contribution in [2.24, 2.45) is 0 Å². The maximum Gasteiger partial charge on any atom is 0.105 e. The topological polar surface area (TPSA) is 32.3 Å². The summed E-state index contributed by atoms with van der Waals surface area (Å²) in [6, 6.07) is 10.2. The number of aliphatic hydroxyl groups is 1. The van der Waals surface area contributed by atoms with E-state index in [1.165, 1.54) is 11.1 Å². The molecule has 0 bridgehead atoms. The Morgan fingerprint density at radius 2 is 2.11 bits per heavy atom. The summed E-state index contributed by atoms with van der Waals surface area (Å²) >= 11 is 1.59. The van der Waals surface area contributed by atoms with Crippen LogP contribution in [0.5, 0.6) is 0 Å². The summed E-state index contributed by atoms with van der Waals surface area (Å²) in [5, 5.41) is 15.4. The Bertz CT molecular complexity index is 493. The molecule has 1 aromatic carbocycles. The third-order valence-corrected chi connectivity index (χ3v) is 4.06. The smallest absolute Gasteiger partial charge is 0.105 e.